The molecule has 0 aromatic rings. The first kappa shape index (κ1) is 8.84. The van der Waals surface area contributed by atoms with Crippen molar-refractivity contribution in [3.05, 3.63) is 23.5 Å². The fourth-order valence-electron chi connectivity index (χ4n) is 0.703. The molecule has 0 saturated heterocycles. The molecule has 0 rings (SSSR count). The standard InChI is InChI=1S/C9H12O/c1-5-7-8(3)9(6-2)10-4/h1,6-7H,2-4H3/b8-7-,9-6+. The highest BCUT2D eigenvalue weighted by Gasteiger charge is 1.93. The Labute approximate surface area is 62.4 Å². The van der Waals surface area contributed by atoms with Gasteiger partial charge in [0.1, 0.15) is 5.76 Å². The van der Waals surface area contributed by atoms with E-state index in [9.17, 15) is 0 Å². The maximum absolute atomic E-state index is 5.07. The van der Waals surface area contributed by atoms with Gasteiger partial charge < -0.3 is 4.74 Å². The van der Waals surface area contributed by atoms with Gasteiger partial charge in [-0.15, -0.1) is 6.42 Å². The molecule has 0 saturated carbocycles. The van der Waals surface area contributed by atoms with Crippen molar-refractivity contribution in [2.45, 2.75) is 13.8 Å². The summed E-state index contributed by atoms with van der Waals surface area (Å²) in [6.07, 6.45) is 8.63. The lowest BCUT2D eigenvalue weighted by atomic mass is 10.2. The minimum absolute atomic E-state index is 0.831. The van der Waals surface area contributed by atoms with Crippen LogP contribution in [0.3, 0.4) is 0 Å². The molecule has 0 atom stereocenters. The molecule has 0 heterocycles. The summed E-state index contributed by atoms with van der Waals surface area (Å²) in [5, 5.41) is 0. The molecule has 0 spiro atoms. The zero-order valence-corrected chi connectivity index (χ0v) is 6.64. The molecule has 0 amide bonds. The first-order valence-corrected chi connectivity index (χ1v) is 3.09. The van der Waals surface area contributed by atoms with E-state index in [0.717, 1.165) is 11.3 Å². The molecule has 54 valence electrons. The molecule has 0 aliphatic heterocycles. The first-order chi connectivity index (χ1) is 4.76. The third kappa shape index (κ3) is 2.41. The lowest BCUT2D eigenvalue weighted by molar-refractivity contribution is 0.300. The van der Waals surface area contributed by atoms with Gasteiger partial charge in [0.2, 0.25) is 0 Å². The van der Waals surface area contributed by atoms with Crippen LogP contribution in [0.2, 0.25) is 0 Å². The Hall–Kier alpha value is -1.16. The summed E-state index contributed by atoms with van der Waals surface area (Å²) in [6.45, 7) is 3.82. The van der Waals surface area contributed by atoms with Crippen LogP contribution in [0.4, 0.5) is 0 Å². The van der Waals surface area contributed by atoms with Crippen LogP contribution < -0.4 is 0 Å². The van der Waals surface area contributed by atoms with Crippen molar-refractivity contribution >= 4 is 0 Å². The van der Waals surface area contributed by atoms with Crippen molar-refractivity contribution in [2.75, 3.05) is 7.11 Å². The van der Waals surface area contributed by atoms with Crippen LogP contribution >= 0.6 is 0 Å². The van der Waals surface area contributed by atoms with Gasteiger partial charge in [0.05, 0.1) is 7.11 Å². The van der Waals surface area contributed by atoms with Gasteiger partial charge in [-0.3, -0.25) is 0 Å². The number of allylic oxidation sites excluding steroid dienone is 3. The number of ether oxygens (including phenoxy) is 1. The van der Waals surface area contributed by atoms with Crippen LogP contribution in [0.5, 0.6) is 0 Å². The molecule has 0 aromatic carbocycles. The second kappa shape index (κ2) is 4.69. The van der Waals surface area contributed by atoms with Gasteiger partial charge in [-0.2, -0.15) is 0 Å². The molecule has 0 aliphatic carbocycles. The molecule has 0 bridgehead atoms. The average Bonchev–Trinajstić information content (AvgIpc) is 1.91. The van der Waals surface area contributed by atoms with Crippen LogP contribution in [0.15, 0.2) is 23.5 Å². The normalized spacial score (nSPS) is 12.6. The van der Waals surface area contributed by atoms with Gasteiger partial charge >= 0.3 is 0 Å². The summed E-state index contributed by atoms with van der Waals surface area (Å²) in [4.78, 5) is 0. The minimum Gasteiger partial charge on any atom is -0.497 e. The molecule has 0 aromatic heterocycles. The Morgan fingerprint density at radius 2 is 2.20 bits per heavy atom. The van der Waals surface area contributed by atoms with Crippen LogP contribution in [-0.4, -0.2) is 7.11 Å². The van der Waals surface area contributed by atoms with E-state index in [1.165, 1.54) is 0 Å². The molecule has 0 fully saturated rings. The van der Waals surface area contributed by atoms with Crippen LogP contribution in [0, 0.1) is 12.3 Å². The predicted octanol–water partition coefficient (Wildman–Crippen LogP) is 2.12. The van der Waals surface area contributed by atoms with Crippen molar-refractivity contribution in [1.82, 2.24) is 0 Å². The van der Waals surface area contributed by atoms with E-state index in [2.05, 4.69) is 5.92 Å². The van der Waals surface area contributed by atoms with E-state index >= 15 is 0 Å². The number of hydrogen-bond donors (Lipinski definition) is 0. The Morgan fingerprint density at radius 3 is 2.50 bits per heavy atom. The van der Waals surface area contributed by atoms with E-state index < -0.39 is 0 Å². The van der Waals surface area contributed by atoms with Gasteiger partial charge in [0.25, 0.3) is 0 Å². The lowest BCUT2D eigenvalue weighted by Crippen LogP contribution is -1.86. The van der Waals surface area contributed by atoms with Gasteiger partial charge in [-0.05, 0) is 31.6 Å². The monoisotopic (exact) mass is 136 g/mol. The largest absolute Gasteiger partial charge is 0.497 e. The summed E-state index contributed by atoms with van der Waals surface area (Å²) in [5.74, 6) is 3.27. The Balaban J connectivity index is 4.35. The molecule has 10 heavy (non-hydrogen) atoms. The summed E-state index contributed by atoms with van der Waals surface area (Å²) < 4.78 is 5.01. The molecular formula is C9H12O. The van der Waals surface area contributed by atoms with Crippen LogP contribution in [0.25, 0.3) is 0 Å². The molecule has 0 aliphatic rings. The van der Waals surface area contributed by atoms with Crippen molar-refractivity contribution in [3.63, 3.8) is 0 Å². The topological polar surface area (TPSA) is 9.23 Å². The quantitative estimate of drug-likeness (QED) is 0.321. The summed E-state index contributed by atoms with van der Waals surface area (Å²) in [5.41, 5.74) is 0.979. The van der Waals surface area contributed by atoms with Crippen molar-refractivity contribution in [2.24, 2.45) is 0 Å². The van der Waals surface area contributed by atoms with Crippen LogP contribution in [0.1, 0.15) is 13.8 Å². The summed E-state index contributed by atoms with van der Waals surface area (Å²) >= 11 is 0. The van der Waals surface area contributed by atoms with E-state index in [-0.39, 0.29) is 0 Å². The third-order valence-electron chi connectivity index (χ3n) is 1.17. The summed E-state index contributed by atoms with van der Waals surface area (Å²) in [6, 6.07) is 0. The van der Waals surface area contributed by atoms with Crippen molar-refractivity contribution in [1.29, 1.82) is 0 Å². The highest BCUT2D eigenvalue weighted by molar-refractivity contribution is 5.29. The molecule has 1 nitrogen and oxygen atoms in total. The average molecular weight is 136 g/mol. The molecule has 1 heteroatoms. The number of hydrogen-bond acceptors (Lipinski definition) is 1. The predicted molar refractivity (Wildman–Crippen MR) is 43.4 cm³/mol. The molecule has 0 radical (unpaired) electrons. The van der Waals surface area contributed by atoms with Gasteiger partial charge in [-0.25, -0.2) is 0 Å². The summed E-state index contributed by atoms with van der Waals surface area (Å²) in [7, 11) is 1.63. The zero-order chi connectivity index (χ0) is 7.98. The zero-order valence-electron chi connectivity index (χ0n) is 6.64. The highest BCUT2D eigenvalue weighted by Crippen LogP contribution is 2.07. The fourth-order valence-corrected chi connectivity index (χ4v) is 0.703. The number of rotatable bonds is 2. The molecule has 0 unspecified atom stereocenters. The van der Waals surface area contributed by atoms with Gasteiger partial charge in [0, 0.05) is 0 Å². The number of methoxy groups -OCH3 is 1. The number of terminal acetylenes is 1. The Morgan fingerprint density at radius 1 is 1.60 bits per heavy atom. The third-order valence-corrected chi connectivity index (χ3v) is 1.17. The smallest absolute Gasteiger partial charge is 0.118 e. The first-order valence-electron chi connectivity index (χ1n) is 3.09. The van der Waals surface area contributed by atoms with Gasteiger partial charge in [0.15, 0.2) is 0 Å². The lowest BCUT2D eigenvalue weighted by Gasteiger charge is -2.02. The second-order valence-corrected chi connectivity index (χ2v) is 1.85. The SMILES string of the molecule is C#C/C=C(C)\C(=C/C)OC. The van der Waals surface area contributed by atoms with Gasteiger partial charge in [-0.1, -0.05) is 5.92 Å². The highest BCUT2D eigenvalue weighted by atomic mass is 16.5. The van der Waals surface area contributed by atoms with E-state index in [1.807, 2.05) is 19.9 Å². The Bertz CT molecular complexity index is 191. The maximum Gasteiger partial charge on any atom is 0.118 e. The fraction of sp³-hybridized carbons (Fsp3) is 0.333. The van der Waals surface area contributed by atoms with E-state index in [1.54, 1.807) is 13.2 Å². The minimum atomic E-state index is 0.831. The van der Waals surface area contributed by atoms with Crippen molar-refractivity contribution in [3.8, 4) is 12.3 Å². The maximum atomic E-state index is 5.07. The molecule has 0 N–H and O–H groups in total. The van der Waals surface area contributed by atoms with E-state index in [0.29, 0.717) is 0 Å². The second-order valence-electron chi connectivity index (χ2n) is 1.85. The van der Waals surface area contributed by atoms with Crippen molar-refractivity contribution < 1.29 is 4.74 Å². The Kier molecular flexibility index (Phi) is 4.15. The van der Waals surface area contributed by atoms with E-state index in [4.69, 9.17) is 11.2 Å². The molecular weight excluding hydrogens is 124 g/mol. The van der Waals surface area contributed by atoms with Crippen LogP contribution in [-0.2, 0) is 4.74 Å².